The van der Waals surface area contributed by atoms with E-state index in [0.29, 0.717) is 18.8 Å². The summed E-state index contributed by atoms with van der Waals surface area (Å²) in [6.07, 6.45) is 10.9. The quantitative estimate of drug-likeness (QED) is 0.678. The van der Waals surface area contributed by atoms with Crippen LogP contribution in [0.25, 0.3) is 0 Å². The fourth-order valence-corrected chi connectivity index (χ4v) is 6.09. The minimum absolute atomic E-state index is 0.177. The molecule has 3 aliphatic carbocycles. The highest BCUT2D eigenvalue weighted by Crippen LogP contribution is 2.66. The van der Waals surface area contributed by atoms with Crippen LogP contribution in [0.15, 0.2) is 40.6 Å². The molecule has 27 heavy (non-hydrogen) atoms. The predicted octanol–water partition coefficient (Wildman–Crippen LogP) is 5.33. The average molecular weight is 374 g/mol. The molecule has 3 fully saturated rings. The molecule has 150 valence electrons. The number of methoxy groups -OCH3 is 1. The minimum Gasteiger partial charge on any atom is -0.388 e. The Morgan fingerprint density at radius 3 is 2.74 bits per heavy atom. The Balaban J connectivity index is 1.90. The molecule has 0 aromatic carbocycles. The molecule has 0 heterocycles. The van der Waals surface area contributed by atoms with Crippen LogP contribution in [0.3, 0.4) is 0 Å². The second-order valence-electron chi connectivity index (χ2n) is 9.31. The van der Waals surface area contributed by atoms with E-state index < -0.39 is 6.10 Å². The normalized spacial score (nSPS) is 43.7. The van der Waals surface area contributed by atoms with Gasteiger partial charge in [0, 0.05) is 13.5 Å². The highest BCUT2D eigenvalue weighted by atomic mass is 16.5. The van der Waals surface area contributed by atoms with Crippen molar-refractivity contribution in [3.05, 3.63) is 40.4 Å². The molecule has 3 aliphatic rings. The van der Waals surface area contributed by atoms with E-state index >= 15 is 0 Å². The van der Waals surface area contributed by atoms with Gasteiger partial charge in [-0.15, -0.1) is 0 Å². The monoisotopic (exact) mass is 373 g/mol. The third-order valence-corrected chi connectivity index (χ3v) is 8.22. The van der Waals surface area contributed by atoms with E-state index in [9.17, 15) is 10.0 Å². The van der Waals surface area contributed by atoms with E-state index in [4.69, 9.17) is 4.74 Å². The van der Waals surface area contributed by atoms with E-state index in [1.165, 1.54) is 31.3 Å². The van der Waals surface area contributed by atoms with Crippen molar-refractivity contribution in [2.75, 3.05) is 7.11 Å². The molecule has 4 heteroatoms. The summed E-state index contributed by atoms with van der Waals surface area (Å²) in [6, 6.07) is -0.347. The number of allylic oxidation sites excluding steroid dienone is 3. The lowest BCUT2D eigenvalue weighted by Crippen LogP contribution is -2.44. The van der Waals surface area contributed by atoms with E-state index in [1.807, 2.05) is 7.11 Å². The molecule has 0 unspecified atom stereocenters. The van der Waals surface area contributed by atoms with Crippen molar-refractivity contribution in [1.82, 2.24) is 0 Å². The van der Waals surface area contributed by atoms with Crippen molar-refractivity contribution in [3.63, 3.8) is 0 Å². The van der Waals surface area contributed by atoms with Crippen molar-refractivity contribution in [1.29, 1.82) is 0 Å². The van der Waals surface area contributed by atoms with Crippen molar-refractivity contribution < 1.29 is 9.84 Å². The lowest BCUT2D eigenvalue weighted by Gasteiger charge is -2.51. The van der Waals surface area contributed by atoms with Crippen LogP contribution in [0.2, 0.25) is 0 Å². The summed E-state index contributed by atoms with van der Waals surface area (Å²) in [5, 5.41) is 13.3. The van der Waals surface area contributed by atoms with Crippen LogP contribution in [0.5, 0.6) is 0 Å². The van der Waals surface area contributed by atoms with E-state index in [0.717, 1.165) is 17.6 Å². The molecule has 3 rings (SSSR count). The Hall–Kier alpha value is -1.26. The maximum absolute atomic E-state index is 11.0. The molecule has 6 atom stereocenters. The first-order valence-electron chi connectivity index (χ1n) is 10.4. The van der Waals surface area contributed by atoms with E-state index in [-0.39, 0.29) is 23.0 Å². The topological polar surface area (TPSA) is 58.9 Å². The number of hydrogen-bond donors (Lipinski definition) is 1. The summed E-state index contributed by atoms with van der Waals surface area (Å²) < 4.78 is 5.72. The SMILES string of the molecule is C=C1/C(=C\C=C2/CCC[C@]3(C)[C@@H]([C@H](C)OC)CC[C@@]23C)C[C@@H](N=O)C[C@@H]1O. The number of aliphatic hydroxyl groups excluding tert-OH is 1. The first-order valence-corrected chi connectivity index (χ1v) is 10.4. The van der Waals surface area contributed by atoms with Gasteiger partial charge in [-0.05, 0) is 73.3 Å². The van der Waals surface area contributed by atoms with Gasteiger partial charge in [0.15, 0.2) is 0 Å². The maximum atomic E-state index is 11.0. The number of aliphatic hydroxyl groups is 1. The lowest BCUT2D eigenvalue weighted by atomic mass is 9.54. The number of hydrogen-bond acceptors (Lipinski definition) is 4. The third kappa shape index (κ3) is 3.36. The van der Waals surface area contributed by atoms with Gasteiger partial charge in [0.05, 0.1) is 18.2 Å². The zero-order valence-electron chi connectivity index (χ0n) is 17.3. The summed E-state index contributed by atoms with van der Waals surface area (Å²) >= 11 is 0. The molecule has 1 N–H and O–H groups in total. The Morgan fingerprint density at radius 1 is 1.33 bits per heavy atom. The Kier molecular flexibility index (Phi) is 5.79. The average Bonchev–Trinajstić information content (AvgIpc) is 2.94. The van der Waals surface area contributed by atoms with Crippen LogP contribution in [-0.2, 0) is 4.74 Å². The fraction of sp³-hybridized carbons (Fsp3) is 0.739. The van der Waals surface area contributed by atoms with Crippen LogP contribution in [-0.4, -0.2) is 30.5 Å². The van der Waals surface area contributed by atoms with Crippen LogP contribution in [0.1, 0.15) is 65.7 Å². The van der Waals surface area contributed by atoms with Crippen molar-refractivity contribution >= 4 is 0 Å². The Labute approximate surface area is 163 Å². The zero-order valence-corrected chi connectivity index (χ0v) is 17.3. The molecular formula is C23H35NO3. The number of rotatable bonds is 4. The summed E-state index contributed by atoms with van der Waals surface area (Å²) in [4.78, 5) is 11.0. The summed E-state index contributed by atoms with van der Waals surface area (Å²) in [5.74, 6) is 0.582. The van der Waals surface area contributed by atoms with Crippen LogP contribution in [0, 0.1) is 21.7 Å². The fourth-order valence-electron chi connectivity index (χ4n) is 6.09. The minimum atomic E-state index is -0.656. The van der Waals surface area contributed by atoms with Gasteiger partial charge >= 0.3 is 0 Å². The summed E-state index contributed by atoms with van der Waals surface area (Å²) in [5.41, 5.74) is 3.64. The van der Waals surface area contributed by atoms with Crippen LogP contribution in [0.4, 0.5) is 0 Å². The Morgan fingerprint density at radius 2 is 2.07 bits per heavy atom. The second kappa shape index (κ2) is 7.63. The molecule has 0 aliphatic heterocycles. The number of nitrogens with zero attached hydrogens (tertiary/aromatic N) is 1. The van der Waals surface area contributed by atoms with Gasteiger partial charge < -0.3 is 9.84 Å². The first kappa shape index (κ1) is 20.5. The number of nitroso groups, excluding NO2 is 1. The number of ether oxygens (including phenoxy) is 1. The van der Waals surface area contributed by atoms with Gasteiger partial charge in [0.2, 0.25) is 0 Å². The van der Waals surface area contributed by atoms with Gasteiger partial charge in [-0.3, -0.25) is 0 Å². The second-order valence-corrected chi connectivity index (χ2v) is 9.31. The lowest BCUT2D eigenvalue weighted by molar-refractivity contribution is -0.0244. The molecule has 0 radical (unpaired) electrons. The molecule has 3 saturated carbocycles. The van der Waals surface area contributed by atoms with Crippen molar-refractivity contribution in [2.24, 2.45) is 21.9 Å². The molecule has 0 aromatic rings. The molecule has 0 spiro atoms. The smallest absolute Gasteiger partial charge is 0.0987 e. The van der Waals surface area contributed by atoms with E-state index in [2.05, 4.69) is 44.7 Å². The third-order valence-electron chi connectivity index (χ3n) is 8.22. The molecule has 0 aromatic heterocycles. The first-order chi connectivity index (χ1) is 12.8. The maximum Gasteiger partial charge on any atom is 0.0987 e. The van der Waals surface area contributed by atoms with Gasteiger partial charge in [0.25, 0.3) is 0 Å². The van der Waals surface area contributed by atoms with E-state index in [1.54, 1.807) is 0 Å². The molecule has 0 bridgehead atoms. The zero-order chi connectivity index (χ0) is 19.8. The predicted molar refractivity (Wildman–Crippen MR) is 109 cm³/mol. The number of fused-ring (bicyclic) bond motifs is 1. The van der Waals surface area contributed by atoms with Crippen molar-refractivity contribution in [2.45, 2.75) is 84.0 Å². The molecule has 0 amide bonds. The molecule has 0 saturated heterocycles. The van der Waals surface area contributed by atoms with Gasteiger partial charge in [-0.25, -0.2) is 0 Å². The Bertz CT molecular complexity index is 667. The van der Waals surface area contributed by atoms with Gasteiger partial charge in [0.1, 0.15) is 0 Å². The largest absolute Gasteiger partial charge is 0.388 e. The molecular weight excluding hydrogens is 338 g/mol. The van der Waals surface area contributed by atoms with Gasteiger partial charge in [-0.2, -0.15) is 4.91 Å². The molecule has 4 nitrogen and oxygen atoms in total. The van der Waals surface area contributed by atoms with Gasteiger partial charge in [-0.1, -0.05) is 43.3 Å². The highest BCUT2D eigenvalue weighted by Gasteiger charge is 2.58. The van der Waals surface area contributed by atoms with Crippen LogP contribution < -0.4 is 0 Å². The van der Waals surface area contributed by atoms with Crippen LogP contribution >= 0.6 is 0 Å². The highest BCUT2D eigenvalue weighted by molar-refractivity contribution is 5.40. The summed E-state index contributed by atoms with van der Waals surface area (Å²) in [7, 11) is 1.82. The van der Waals surface area contributed by atoms with Crippen molar-refractivity contribution in [3.8, 4) is 0 Å². The standard InChI is InChI=1S/C23H35NO3/c1-15-17(13-19(24-26)14-21(15)25)8-9-18-7-6-11-23(4)20(16(2)27-5)10-12-22(18,23)3/h8-9,16,19-21,25H,1,6-7,10-14H2,2-5H3/b17-8-,18-9+/t16-,19+,20+,21-,22-,23+/m0/s1. The summed E-state index contributed by atoms with van der Waals surface area (Å²) in [6.45, 7) is 11.1.